The Morgan fingerprint density at radius 2 is 1.78 bits per heavy atom. The molecule has 0 saturated carbocycles. The molecule has 32 heavy (non-hydrogen) atoms. The zero-order chi connectivity index (χ0) is 23.3. The predicted octanol–water partition coefficient (Wildman–Crippen LogP) is 4.19. The van der Waals surface area contributed by atoms with E-state index in [-0.39, 0.29) is 12.5 Å². The number of methoxy groups -OCH3 is 2. The van der Waals surface area contributed by atoms with Gasteiger partial charge in [0.15, 0.2) is 6.10 Å². The maximum Gasteiger partial charge on any atom is 0.263 e. The molecule has 0 aliphatic heterocycles. The van der Waals surface area contributed by atoms with E-state index in [0.29, 0.717) is 40.9 Å². The number of rotatable bonds is 9. The van der Waals surface area contributed by atoms with Crippen LogP contribution in [0.1, 0.15) is 30.4 Å². The standard InChI is InChI=1S/C24H29N3O5/c1-7-20(31-18-11-15(2)10-16(3)12-18)24(28)27(4)14-22-25-23(26-32-22)19-9-8-17(29-5)13-21(19)30-6/h8-13,20H,7,14H2,1-6H3/t20-/m1/s1. The number of carbonyl (C=O) groups excluding carboxylic acids is 1. The van der Waals surface area contributed by atoms with Crippen LogP contribution in [0.5, 0.6) is 17.2 Å². The zero-order valence-corrected chi connectivity index (χ0v) is 19.3. The average molecular weight is 440 g/mol. The van der Waals surface area contributed by atoms with Crippen molar-refractivity contribution in [2.75, 3.05) is 21.3 Å². The van der Waals surface area contributed by atoms with Gasteiger partial charge in [0.25, 0.3) is 5.91 Å². The number of likely N-dealkylation sites (N-methyl/N-ethyl adjacent to an activating group) is 1. The van der Waals surface area contributed by atoms with Crippen LogP contribution < -0.4 is 14.2 Å². The van der Waals surface area contributed by atoms with Gasteiger partial charge in [0.1, 0.15) is 17.2 Å². The van der Waals surface area contributed by atoms with Crippen molar-refractivity contribution in [3.05, 3.63) is 53.4 Å². The minimum absolute atomic E-state index is 0.159. The van der Waals surface area contributed by atoms with Crippen LogP contribution in [-0.4, -0.2) is 48.3 Å². The van der Waals surface area contributed by atoms with E-state index in [4.69, 9.17) is 18.7 Å². The van der Waals surface area contributed by atoms with Gasteiger partial charge in [-0.2, -0.15) is 4.98 Å². The van der Waals surface area contributed by atoms with Gasteiger partial charge in [0.2, 0.25) is 11.7 Å². The van der Waals surface area contributed by atoms with E-state index in [1.54, 1.807) is 39.5 Å². The smallest absolute Gasteiger partial charge is 0.263 e. The van der Waals surface area contributed by atoms with E-state index >= 15 is 0 Å². The first-order valence-electron chi connectivity index (χ1n) is 10.4. The Morgan fingerprint density at radius 3 is 2.41 bits per heavy atom. The van der Waals surface area contributed by atoms with Crippen LogP contribution in [0.2, 0.25) is 0 Å². The van der Waals surface area contributed by atoms with Crippen molar-refractivity contribution in [3.63, 3.8) is 0 Å². The summed E-state index contributed by atoms with van der Waals surface area (Å²) in [6.45, 7) is 6.08. The highest BCUT2D eigenvalue weighted by Crippen LogP contribution is 2.31. The Labute approximate surface area is 188 Å². The molecular weight excluding hydrogens is 410 g/mol. The van der Waals surface area contributed by atoms with Crippen LogP contribution in [-0.2, 0) is 11.3 Å². The maximum atomic E-state index is 13.0. The lowest BCUT2D eigenvalue weighted by atomic mass is 10.1. The molecule has 0 bridgehead atoms. The molecule has 1 aromatic heterocycles. The number of nitrogens with zero attached hydrogens (tertiary/aromatic N) is 3. The summed E-state index contributed by atoms with van der Waals surface area (Å²) in [6.07, 6.45) is -0.0702. The summed E-state index contributed by atoms with van der Waals surface area (Å²) in [6, 6.07) is 11.3. The molecular formula is C24H29N3O5. The summed E-state index contributed by atoms with van der Waals surface area (Å²) in [5.41, 5.74) is 2.84. The highest BCUT2D eigenvalue weighted by atomic mass is 16.5. The summed E-state index contributed by atoms with van der Waals surface area (Å²) in [5, 5.41) is 4.04. The van der Waals surface area contributed by atoms with E-state index in [0.717, 1.165) is 11.1 Å². The number of aromatic nitrogens is 2. The summed E-state index contributed by atoms with van der Waals surface area (Å²) >= 11 is 0. The Kier molecular flexibility index (Phi) is 7.35. The molecule has 0 spiro atoms. The first-order chi connectivity index (χ1) is 15.3. The third kappa shape index (κ3) is 5.38. The minimum atomic E-state index is -0.606. The van der Waals surface area contributed by atoms with Crippen LogP contribution in [0.4, 0.5) is 0 Å². The van der Waals surface area contributed by atoms with Crippen molar-refractivity contribution >= 4 is 5.91 Å². The molecule has 1 heterocycles. The number of aryl methyl sites for hydroxylation is 2. The quantitative estimate of drug-likeness (QED) is 0.494. The van der Waals surface area contributed by atoms with E-state index in [1.165, 1.54) is 4.90 Å². The Morgan fingerprint density at radius 1 is 1.06 bits per heavy atom. The molecule has 2 aromatic carbocycles. The molecule has 1 atom stereocenters. The second kappa shape index (κ2) is 10.2. The first-order valence-corrected chi connectivity index (χ1v) is 10.4. The number of hydrogen-bond acceptors (Lipinski definition) is 7. The monoisotopic (exact) mass is 439 g/mol. The van der Waals surface area contributed by atoms with Crippen molar-refractivity contribution in [2.24, 2.45) is 0 Å². The van der Waals surface area contributed by atoms with Gasteiger partial charge in [-0.15, -0.1) is 0 Å². The number of carbonyl (C=O) groups is 1. The Hall–Kier alpha value is -3.55. The lowest BCUT2D eigenvalue weighted by molar-refractivity contribution is -0.138. The van der Waals surface area contributed by atoms with E-state index in [9.17, 15) is 4.79 Å². The number of hydrogen-bond donors (Lipinski definition) is 0. The van der Waals surface area contributed by atoms with Crippen LogP contribution in [0.3, 0.4) is 0 Å². The third-order valence-corrected chi connectivity index (χ3v) is 4.99. The Balaban J connectivity index is 1.71. The first kappa shape index (κ1) is 23.1. The van der Waals surface area contributed by atoms with Crippen molar-refractivity contribution in [1.29, 1.82) is 0 Å². The number of benzene rings is 2. The molecule has 1 amide bonds. The van der Waals surface area contributed by atoms with Gasteiger partial charge in [-0.05, 0) is 55.7 Å². The van der Waals surface area contributed by atoms with Gasteiger partial charge in [-0.25, -0.2) is 0 Å². The van der Waals surface area contributed by atoms with Gasteiger partial charge >= 0.3 is 0 Å². The van der Waals surface area contributed by atoms with Crippen LogP contribution in [0, 0.1) is 13.8 Å². The zero-order valence-electron chi connectivity index (χ0n) is 19.3. The minimum Gasteiger partial charge on any atom is -0.497 e. The summed E-state index contributed by atoms with van der Waals surface area (Å²) < 4.78 is 22.0. The predicted molar refractivity (Wildman–Crippen MR) is 120 cm³/mol. The molecule has 8 nitrogen and oxygen atoms in total. The van der Waals surface area contributed by atoms with Gasteiger partial charge < -0.3 is 23.6 Å². The summed E-state index contributed by atoms with van der Waals surface area (Å²) in [7, 11) is 4.83. The lowest BCUT2D eigenvalue weighted by Gasteiger charge is -2.23. The Bertz CT molecular complexity index is 1060. The van der Waals surface area contributed by atoms with Crippen molar-refractivity contribution in [1.82, 2.24) is 15.0 Å². The van der Waals surface area contributed by atoms with E-state index in [1.807, 2.05) is 32.9 Å². The molecule has 170 valence electrons. The van der Waals surface area contributed by atoms with E-state index < -0.39 is 6.10 Å². The molecule has 0 N–H and O–H groups in total. The SMILES string of the molecule is CC[C@@H](Oc1cc(C)cc(C)c1)C(=O)N(C)Cc1nc(-c2ccc(OC)cc2OC)no1. The highest BCUT2D eigenvalue weighted by molar-refractivity contribution is 5.81. The maximum absolute atomic E-state index is 13.0. The van der Waals surface area contributed by atoms with Crippen LogP contribution in [0.15, 0.2) is 40.9 Å². The van der Waals surface area contributed by atoms with Crippen LogP contribution in [0.25, 0.3) is 11.4 Å². The molecule has 0 saturated heterocycles. The molecule has 3 aromatic rings. The van der Waals surface area contributed by atoms with Crippen LogP contribution >= 0.6 is 0 Å². The second-order valence-corrected chi connectivity index (χ2v) is 7.61. The average Bonchev–Trinajstić information content (AvgIpc) is 3.23. The van der Waals surface area contributed by atoms with Gasteiger partial charge in [0, 0.05) is 13.1 Å². The molecule has 0 fully saturated rings. The van der Waals surface area contributed by atoms with Crippen molar-refractivity contribution in [3.8, 4) is 28.6 Å². The number of ether oxygens (including phenoxy) is 3. The highest BCUT2D eigenvalue weighted by Gasteiger charge is 2.24. The second-order valence-electron chi connectivity index (χ2n) is 7.61. The molecule has 3 rings (SSSR count). The molecule has 0 radical (unpaired) electrons. The topological polar surface area (TPSA) is 86.9 Å². The largest absolute Gasteiger partial charge is 0.497 e. The van der Waals surface area contributed by atoms with E-state index in [2.05, 4.69) is 16.2 Å². The molecule has 0 aliphatic rings. The van der Waals surface area contributed by atoms with Crippen molar-refractivity contribution in [2.45, 2.75) is 39.8 Å². The summed E-state index contributed by atoms with van der Waals surface area (Å²) in [5.74, 6) is 2.44. The van der Waals surface area contributed by atoms with Gasteiger partial charge in [0.05, 0.1) is 26.3 Å². The number of amides is 1. The van der Waals surface area contributed by atoms with Crippen molar-refractivity contribution < 1.29 is 23.5 Å². The fourth-order valence-corrected chi connectivity index (χ4v) is 3.41. The molecule has 8 heteroatoms. The fraction of sp³-hybridized carbons (Fsp3) is 0.375. The third-order valence-electron chi connectivity index (χ3n) is 4.99. The lowest BCUT2D eigenvalue weighted by Crippen LogP contribution is -2.39. The normalized spacial score (nSPS) is 11.7. The summed E-state index contributed by atoms with van der Waals surface area (Å²) in [4.78, 5) is 18.9. The van der Waals surface area contributed by atoms with Gasteiger partial charge in [-0.1, -0.05) is 18.1 Å². The molecule has 0 unspecified atom stereocenters. The fourth-order valence-electron chi connectivity index (χ4n) is 3.41. The van der Waals surface area contributed by atoms with Gasteiger partial charge in [-0.3, -0.25) is 4.79 Å². The molecule has 0 aliphatic carbocycles.